The molecule has 4 aromatic rings. The van der Waals surface area contributed by atoms with Gasteiger partial charge in [0.1, 0.15) is 0 Å². The van der Waals surface area contributed by atoms with Gasteiger partial charge in [-0.05, 0) is 26.0 Å². The predicted octanol–water partition coefficient (Wildman–Crippen LogP) is 4.13. The molecule has 158 valence electrons. The van der Waals surface area contributed by atoms with Crippen LogP contribution in [0.25, 0.3) is 17.1 Å². The molecule has 0 bridgehead atoms. The first kappa shape index (κ1) is 20.5. The number of hydrogen-bond donors (Lipinski definition) is 0. The van der Waals surface area contributed by atoms with E-state index in [0.29, 0.717) is 31.1 Å². The van der Waals surface area contributed by atoms with E-state index in [4.69, 9.17) is 4.52 Å². The predicted molar refractivity (Wildman–Crippen MR) is 118 cm³/mol. The molecule has 0 aliphatic carbocycles. The number of nitrogens with zero attached hydrogens (tertiary/aromatic N) is 5. The Kier molecular flexibility index (Phi) is 5.93. The summed E-state index contributed by atoms with van der Waals surface area (Å²) in [6.45, 7) is 4.51. The average Bonchev–Trinajstić information content (AvgIpc) is 3.39. The summed E-state index contributed by atoms with van der Waals surface area (Å²) in [5.74, 6) is 1.02. The Balaban J connectivity index is 1.38. The van der Waals surface area contributed by atoms with Crippen LogP contribution in [0.1, 0.15) is 29.3 Å². The molecule has 0 saturated heterocycles. The standard InChI is InChI=1S/C24H25N5O2/c1-17-21(18(2)29(26-17)20-12-8-5-9-13-20)16-28(3)23(30)15-14-22-25-24(27-31-22)19-10-6-4-7-11-19/h4-13H,14-16H2,1-3H3. The molecule has 1 amide bonds. The van der Waals surface area contributed by atoms with Crippen molar-refractivity contribution in [3.63, 3.8) is 0 Å². The molecule has 0 saturated carbocycles. The van der Waals surface area contributed by atoms with Crippen molar-refractivity contribution in [3.8, 4) is 17.1 Å². The smallest absolute Gasteiger partial charge is 0.227 e. The first-order chi connectivity index (χ1) is 15.0. The van der Waals surface area contributed by atoms with Gasteiger partial charge >= 0.3 is 0 Å². The molecular formula is C24H25N5O2. The molecule has 0 aliphatic heterocycles. The van der Waals surface area contributed by atoms with Gasteiger partial charge in [0.05, 0.1) is 11.4 Å². The second-order valence-corrected chi connectivity index (χ2v) is 7.52. The van der Waals surface area contributed by atoms with E-state index in [2.05, 4.69) is 15.2 Å². The fourth-order valence-electron chi connectivity index (χ4n) is 3.52. The quantitative estimate of drug-likeness (QED) is 0.454. The molecule has 0 unspecified atom stereocenters. The molecule has 7 heteroatoms. The van der Waals surface area contributed by atoms with Gasteiger partial charge in [0.15, 0.2) is 0 Å². The van der Waals surface area contributed by atoms with Crippen LogP contribution in [-0.4, -0.2) is 37.8 Å². The Morgan fingerprint density at radius 2 is 1.71 bits per heavy atom. The van der Waals surface area contributed by atoms with Crippen LogP contribution in [0.4, 0.5) is 0 Å². The number of carbonyl (C=O) groups excluding carboxylic acids is 1. The number of aromatic nitrogens is 4. The Morgan fingerprint density at radius 3 is 2.42 bits per heavy atom. The average molecular weight is 415 g/mol. The highest BCUT2D eigenvalue weighted by Crippen LogP contribution is 2.20. The topological polar surface area (TPSA) is 77.1 Å². The lowest BCUT2D eigenvalue weighted by molar-refractivity contribution is -0.130. The molecule has 0 fully saturated rings. The van der Waals surface area contributed by atoms with Crippen LogP contribution in [0.5, 0.6) is 0 Å². The van der Waals surface area contributed by atoms with E-state index in [9.17, 15) is 4.79 Å². The van der Waals surface area contributed by atoms with Crippen molar-refractivity contribution in [2.45, 2.75) is 33.2 Å². The van der Waals surface area contributed by atoms with E-state index in [1.807, 2.05) is 86.2 Å². The van der Waals surface area contributed by atoms with Crippen molar-refractivity contribution in [3.05, 3.63) is 83.5 Å². The summed E-state index contributed by atoms with van der Waals surface area (Å²) in [4.78, 5) is 18.8. The minimum Gasteiger partial charge on any atom is -0.341 e. The van der Waals surface area contributed by atoms with Gasteiger partial charge in [0, 0.05) is 43.3 Å². The molecule has 4 rings (SSSR count). The third-order valence-electron chi connectivity index (χ3n) is 5.32. The molecule has 0 spiro atoms. The highest BCUT2D eigenvalue weighted by molar-refractivity contribution is 5.76. The van der Waals surface area contributed by atoms with Crippen molar-refractivity contribution in [1.82, 2.24) is 24.8 Å². The van der Waals surface area contributed by atoms with Crippen LogP contribution in [0, 0.1) is 13.8 Å². The molecule has 0 atom stereocenters. The molecule has 0 radical (unpaired) electrons. The summed E-state index contributed by atoms with van der Waals surface area (Å²) in [5.41, 5.74) is 4.92. The third-order valence-corrected chi connectivity index (χ3v) is 5.32. The van der Waals surface area contributed by atoms with Gasteiger partial charge in [0.2, 0.25) is 17.6 Å². The Morgan fingerprint density at radius 1 is 1.03 bits per heavy atom. The Hall–Kier alpha value is -3.74. The number of benzene rings is 2. The maximum atomic E-state index is 12.7. The van der Waals surface area contributed by atoms with Crippen LogP contribution < -0.4 is 0 Å². The number of amides is 1. The van der Waals surface area contributed by atoms with Crippen LogP contribution >= 0.6 is 0 Å². The number of para-hydroxylation sites is 1. The first-order valence-corrected chi connectivity index (χ1v) is 10.3. The van der Waals surface area contributed by atoms with E-state index in [0.717, 1.165) is 28.2 Å². The largest absolute Gasteiger partial charge is 0.341 e. The number of carbonyl (C=O) groups is 1. The van der Waals surface area contributed by atoms with Crippen LogP contribution in [0.2, 0.25) is 0 Å². The third kappa shape index (κ3) is 4.55. The molecule has 7 nitrogen and oxygen atoms in total. The van der Waals surface area contributed by atoms with Gasteiger partial charge in [-0.3, -0.25) is 4.79 Å². The zero-order valence-corrected chi connectivity index (χ0v) is 17.9. The summed E-state index contributed by atoms with van der Waals surface area (Å²) in [5, 5.41) is 8.67. The maximum Gasteiger partial charge on any atom is 0.227 e. The zero-order chi connectivity index (χ0) is 21.8. The van der Waals surface area contributed by atoms with Crippen LogP contribution in [-0.2, 0) is 17.8 Å². The minimum atomic E-state index is 0.0192. The Labute approximate surface area is 181 Å². The minimum absolute atomic E-state index is 0.0192. The normalized spacial score (nSPS) is 10.9. The van der Waals surface area contributed by atoms with E-state index in [1.54, 1.807) is 4.90 Å². The SMILES string of the molecule is Cc1nn(-c2ccccc2)c(C)c1CN(C)C(=O)CCc1nc(-c2ccccc2)no1. The fourth-order valence-corrected chi connectivity index (χ4v) is 3.52. The van der Waals surface area contributed by atoms with Crippen molar-refractivity contribution >= 4 is 5.91 Å². The van der Waals surface area contributed by atoms with Crippen molar-refractivity contribution in [1.29, 1.82) is 0 Å². The highest BCUT2D eigenvalue weighted by Gasteiger charge is 2.18. The summed E-state index contributed by atoms with van der Waals surface area (Å²) >= 11 is 0. The molecule has 31 heavy (non-hydrogen) atoms. The van der Waals surface area contributed by atoms with Crippen molar-refractivity contribution < 1.29 is 9.32 Å². The number of hydrogen-bond acceptors (Lipinski definition) is 5. The van der Waals surface area contributed by atoms with E-state index >= 15 is 0 Å². The van der Waals surface area contributed by atoms with Gasteiger partial charge in [-0.25, -0.2) is 4.68 Å². The van der Waals surface area contributed by atoms with Crippen molar-refractivity contribution in [2.75, 3.05) is 7.05 Å². The van der Waals surface area contributed by atoms with Gasteiger partial charge in [0.25, 0.3) is 0 Å². The lowest BCUT2D eigenvalue weighted by atomic mass is 10.1. The van der Waals surface area contributed by atoms with E-state index < -0.39 is 0 Å². The lowest BCUT2D eigenvalue weighted by Crippen LogP contribution is -2.27. The lowest BCUT2D eigenvalue weighted by Gasteiger charge is -2.17. The van der Waals surface area contributed by atoms with E-state index in [1.165, 1.54) is 0 Å². The first-order valence-electron chi connectivity index (χ1n) is 10.3. The summed E-state index contributed by atoms with van der Waals surface area (Å²) in [7, 11) is 1.81. The monoisotopic (exact) mass is 415 g/mol. The second kappa shape index (κ2) is 8.95. The summed E-state index contributed by atoms with van der Waals surface area (Å²) < 4.78 is 7.24. The van der Waals surface area contributed by atoms with Gasteiger partial charge in [-0.15, -0.1) is 0 Å². The molecule has 2 heterocycles. The zero-order valence-electron chi connectivity index (χ0n) is 17.9. The van der Waals surface area contributed by atoms with Crippen LogP contribution in [0.3, 0.4) is 0 Å². The molecule has 0 N–H and O–H groups in total. The van der Waals surface area contributed by atoms with E-state index in [-0.39, 0.29) is 5.91 Å². The number of aryl methyl sites for hydroxylation is 2. The fraction of sp³-hybridized carbons (Fsp3) is 0.250. The Bertz CT molecular complexity index is 1170. The van der Waals surface area contributed by atoms with Gasteiger partial charge < -0.3 is 9.42 Å². The summed E-state index contributed by atoms with van der Waals surface area (Å²) in [6, 6.07) is 19.6. The van der Waals surface area contributed by atoms with Crippen LogP contribution in [0.15, 0.2) is 65.2 Å². The molecule has 2 aromatic heterocycles. The number of rotatable bonds is 7. The molecule has 0 aliphatic rings. The molecule has 2 aromatic carbocycles. The summed E-state index contributed by atoms with van der Waals surface area (Å²) in [6.07, 6.45) is 0.710. The highest BCUT2D eigenvalue weighted by atomic mass is 16.5. The van der Waals surface area contributed by atoms with Gasteiger partial charge in [-0.2, -0.15) is 10.1 Å². The second-order valence-electron chi connectivity index (χ2n) is 7.52. The molecular weight excluding hydrogens is 390 g/mol. The van der Waals surface area contributed by atoms with Gasteiger partial charge in [-0.1, -0.05) is 53.7 Å². The maximum absolute atomic E-state index is 12.7. The van der Waals surface area contributed by atoms with Crippen molar-refractivity contribution in [2.24, 2.45) is 0 Å².